The second-order valence-electron chi connectivity index (χ2n) is 5.53. The van der Waals surface area contributed by atoms with E-state index in [0.717, 1.165) is 38.3 Å². The number of hydrogen-bond donors (Lipinski definition) is 1. The lowest BCUT2D eigenvalue weighted by atomic mass is 9.77. The molecule has 1 amide bonds. The third-order valence-electron chi connectivity index (χ3n) is 4.28. The number of nitrogens with two attached hydrogens (primary N) is 1. The predicted octanol–water partition coefficient (Wildman–Crippen LogP) is 1.76. The van der Waals surface area contributed by atoms with Gasteiger partial charge in [-0.3, -0.25) is 4.79 Å². The molecule has 3 unspecified atom stereocenters. The number of likely N-dealkylation sites (tertiary alicyclic amines) is 1. The van der Waals surface area contributed by atoms with Crippen LogP contribution in [0.1, 0.15) is 45.4 Å². The van der Waals surface area contributed by atoms with Gasteiger partial charge < -0.3 is 10.6 Å². The van der Waals surface area contributed by atoms with Gasteiger partial charge in [0, 0.05) is 19.0 Å². The monoisotopic (exact) mass is 224 g/mol. The van der Waals surface area contributed by atoms with E-state index in [1.54, 1.807) is 0 Å². The summed E-state index contributed by atoms with van der Waals surface area (Å²) >= 11 is 0. The Hall–Kier alpha value is -0.570. The molecule has 0 aromatic rings. The molecular weight excluding hydrogens is 200 g/mol. The van der Waals surface area contributed by atoms with Gasteiger partial charge in [0.2, 0.25) is 5.91 Å². The average Bonchev–Trinajstić information content (AvgIpc) is 2.29. The van der Waals surface area contributed by atoms with E-state index in [1.165, 1.54) is 19.3 Å². The number of piperidine rings is 1. The Labute approximate surface area is 98.4 Å². The molecular formula is C13H24N2O. The van der Waals surface area contributed by atoms with Crippen LogP contribution in [0, 0.1) is 11.8 Å². The van der Waals surface area contributed by atoms with Gasteiger partial charge in [-0.15, -0.1) is 0 Å². The lowest BCUT2D eigenvalue weighted by Crippen LogP contribution is -2.51. The van der Waals surface area contributed by atoms with Crippen LogP contribution < -0.4 is 5.73 Å². The van der Waals surface area contributed by atoms with E-state index in [9.17, 15) is 4.79 Å². The molecule has 2 aliphatic rings. The number of nitrogens with zero attached hydrogens (tertiary/aromatic N) is 1. The fourth-order valence-corrected chi connectivity index (χ4v) is 3.25. The summed E-state index contributed by atoms with van der Waals surface area (Å²) in [5, 5.41) is 0. The van der Waals surface area contributed by atoms with Crippen LogP contribution in [-0.2, 0) is 4.79 Å². The molecule has 3 heteroatoms. The van der Waals surface area contributed by atoms with Crippen LogP contribution in [0.15, 0.2) is 0 Å². The fourth-order valence-electron chi connectivity index (χ4n) is 3.25. The van der Waals surface area contributed by atoms with Gasteiger partial charge in [-0.25, -0.2) is 0 Å². The van der Waals surface area contributed by atoms with Gasteiger partial charge in [0.1, 0.15) is 0 Å². The summed E-state index contributed by atoms with van der Waals surface area (Å²) in [7, 11) is 0. The molecule has 92 valence electrons. The second kappa shape index (κ2) is 5.17. The van der Waals surface area contributed by atoms with Crippen LogP contribution >= 0.6 is 0 Å². The zero-order valence-electron chi connectivity index (χ0n) is 10.3. The van der Waals surface area contributed by atoms with Crippen molar-refractivity contribution in [3.05, 3.63) is 0 Å². The third kappa shape index (κ3) is 2.40. The topological polar surface area (TPSA) is 46.3 Å². The predicted molar refractivity (Wildman–Crippen MR) is 64.9 cm³/mol. The molecule has 0 aromatic carbocycles. The zero-order valence-corrected chi connectivity index (χ0v) is 10.3. The van der Waals surface area contributed by atoms with Crippen LogP contribution in [0.2, 0.25) is 0 Å². The Balaban J connectivity index is 2.05. The molecule has 1 heterocycles. The molecule has 2 rings (SSSR count). The van der Waals surface area contributed by atoms with Gasteiger partial charge in [0.15, 0.2) is 0 Å². The minimum Gasteiger partial charge on any atom is -0.339 e. The summed E-state index contributed by atoms with van der Waals surface area (Å²) in [6.07, 6.45) is 6.64. The Morgan fingerprint density at radius 3 is 2.88 bits per heavy atom. The van der Waals surface area contributed by atoms with Crippen molar-refractivity contribution in [1.29, 1.82) is 0 Å². The maximum absolute atomic E-state index is 11.9. The largest absolute Gasteiger partial charge is 0.339 e. The van der Waals surface area contributed by atoms with Crippen LogP contribution in [0.5, 0.6) is 0 Å². The molecule has 2 fully saturated rings. The number of carbonyl (C=O) groups excluding carboxylic acids is 1. The van der Waals surface area contributed by atoms with E-state index >= 15 is 0 Å². The first kappa shape index (κ1) is 11.9. The van der Waals surface area contributed by atoms with E-state index in [4.69, 9.17) is 5.73 Å². The van der Waals surface area contributed by atoms with Crippen molar-refractivity contribution in [2.24, 2.45) is 17.6 Å². The normalized spacial score (nSPS) is 36.5. The minimum absolute atomic E-state index is 0.365. The summed E-state index contributed by atoms with van der Waals surface area (Å²) in [4.78, 5) is 14.1. The van der Waals surface area contributed by atoms with E-state index in [0.29, 0.717) is 17.9 Å². The Morgan fingerprint density at radius 1 is 1.38 bits per heavy atom. The van der Waals surface area contributed by atoms with Crippen molar-refractivity contribution >= 4 is 5.91 Å². The van der Waals surface area contributed by atoms with Gasteiger partial charge in [-0.05, 0) is 44.1 Å². The molecule has 0 spiro atoms. The molecule has 0 bridgehead atoms. The fraction of sp³-hybridized carbons (Fsp3) is 0.923. The maximum atomic E-state index is 11.9. The van der Waals surface area contributed by atoms with Crippen molar-refractivity contribution in [3.63, 3.8) is 0 Å². The van der Waals surface area contributed by atoms with Crippen LogP contribution in [0.25, 0.3) is 0 Å². The average molecular weight is 224 g/mol. The summed E-state index contributed by atoms with van der Waals surface area (Å²) in [5.41, 5.74) is 5.85. The molecule has 1 saturated carbocycles. The van der Waals surface area contributed by atoms with Gasteiger partial charge in [-0.1, -0.05) is 13.3 Å². The highest BCUT2D eigenvalue weighted by Gasteiger charge is 2.35. The quantitative estimate of drug-likeness (QED) is 0.777. The van der Waals surface area contributed by atoms with Crippen molar-refractivity contribution in [2.45, 2.75) is 51.5 Å². The van der Waals surface area contributed by atoms with Crippen molar-refractivity contribution in [2.75, 3.05) is 13.1 Å². The first-order chi connectivity index (χ1) is 7.72. The highest BCUT2D eigenvalue weighted by atomic mass is 16.2. The molecule has 1 aliphatic heterocycles. The molecule has 1 saturated heterocycles. The van der Waals surface area contributed by atoms with E-state index in [2.05, 4.69) is 11.8 Å². The summed E-state index contributed by atoms with van der Waals surface area (Å²) < 4.78 is 0. The highest BCUT2D eigenvalue weighted by Crippen LogP contribution is 2.33. The second-order valence-corrected chi connectivity index (χ2v) is 5.53. The lowest BCUT2D eigenvalue weighted by molar-refractivity contribution is -0.138. The van der Waals surface area contributed by atoms with Crippen LogP contribution in [0.4, 0.5) is 0 Å². The SMILES string of the molecule is CC1CCC(CN)C(N2CCCCC2=O)C1. The Kier molecular flexibility index (Phi) is 3.85. The minimum atomic E-state index is 0.365. The Bertz CT molecular complexity index is 254. The molecule has 0 radical (unpaired) electrons. The standard InChI is InChI=1S/C13H24N2O/c1-10-5-6-11(9-14)12(8-10)15-7-3-2-4-13(15)16/h10-12H,2-9,14H2,1H3. The van der Waals surface area contributed by atoms with Gasteiger partial charge in [0.25, 0.3) is 0 Å². The Morgan fingerprint density at radius 2 is 2.19 bits per heavy atom. The van der Waals surface area contributed by atoms with E-state index in [-0.39, 0.29) is 0 Å². The first-order valence-electron chi connectivity index (χ1n) is 6.72. The molecule has 1 aliphatic carbocycles. The summed E-state index contributed by atoms with van der Waals surface area (Å²) in [6, 6.07) is 0.432. The third-order valence-corrected chi connectivity index (χ3v) is 4.28. The van der Waals surface area contributed by atoms with Crippen molar-refractivity contribution < 1.29 is 4.79 Å². The summed E-state index contributed by atoms with van der Waals surface area (Å²) in [6.45, 7) is 4.00. The van der Waals surface area contributed by atoms with Gasteiger partial charge in [0.05, 0.1) is 0 Å². The highest BCUT2D eigenvalue weighted by molar-refractivity contribution is 5.77. The number of carbonyl (C=O) groups is 1. The molecule has 0 aromatic heterocycles. The molecule has 2 N–H and O–H groups in total. The maximum Gasteiger partial charge on any atom is 0.222 e. The summed E-state index contributed by atoms with van der Waals surface area (Å²) in [5.74, 6) is 1.66. The van der Waals surface area contributed by atoms with Gasteiger partial charge >= 0.3 is 0 Å². The zero-order chi connectivity index (χ0) is 11.5. The molecule has 3 atom stereocenters. The van der Waals surface area contributed by atoms with Crippen LogP contribution in [0.3, 0.4) is 0 Å². The molecule has 3 nitrogen and oxygen atoms in total. The smallest absolute Gasteiger partial charge is 0.222 e. The molecule has 16 heavy (non-hydrogen) atoms. The number of hydrogen-bond acceptors (Lipinski definition) is 2. The van der Waals surface area contributed by atoms with Gasteiger partial charge in [-0.2, -0.15) is 0 Å². The number of amides is 1. The number of rotatable bonds is 2. The van der Waals surface area contributed by atoms with Crippen LogP contribution in [-0.4, -0.2) is 29.9 Å². The lowest BCUT2D eigenvalue weighted by Gasteiger charge is -2.43. The van der Waals surface area contributed by atoms with Crippen molar-refractivity contribution in [1.82, 2.24) is 4.90 Å². The van der Waals surface area contributed by atoms with E-state index < -0.39 is 0 Å². The van der Waals surface area contributed by atoms with E-state index in [1.807, 2.05) is 0 Å². The van der Waals surface area contributed by atoms with Crippen molar-refractivity contribution in [3.8, 4) is 0 Å². The first-order valence-corrected chi connectivity index (χ1v) is 6.72.